The van der Waals surface area contributed by atoms with Crippen LogP contribution in [0.3, 0.4) is 0 Å². The van der Waals surface area contributed by atoms with E-state index in [2.05, 4.69) is 11.2 Å². The summed E-state index contributed by atoms with van der Waals surface area (Å²) in [7, 11) is 0. The summed E-state index contributed by atoms with van der Waals surface area (Å²) in [6.07, 6.45) is 3.29. The Morgan fingerprint density at radius 2 is 2.14 bits per heavy atom. The molecule has 0 aliphatic carbocycles. The first kappa shape index (κ1) is 8.52. The van der Waals surface area contributed by atoms with Crippen molar-refractivity contribution in [2.24, 2.45) is 0 Å². The van der Waals surface area contributed by atoms with Gasteiger partial charge in [-0.15, -0.1) is 0 Å². The van der Waals surface area contributed by atoms with E-state index in [-0.39, 0.29) is 0 Å². The second-order valence-electron chi connectivity index (χ2n) is 3.07. The average molecular weight is 183 g/mol. The molecule has 1 heterocycles. The highest BCUT2D eigenvalue weighted by Gasteiger charge is 2.01. The van der Waals surface area contributed by atoms with Crippen molar-refractivity contribution >= 4 is 0 Å². The maximum Gasteiger partial charge on any atom is 0.102 e. The van der Waals surface area contributed by atoms with E-state index >= 15 is 0 Å². The van der Waals surface area contributed by atoms with Crippen molar-refractivity contribution in [2.45, 2.75) is 6.92 Å². The molecule has 2 rings (SSSR count). The number of benzene rings is 1. The molecule has 0 atom stereocenters. The van der Waals surface area contributed by atoms with Gasteiger partial charge in [0, 0.05) is 6.20 Å². The lowest BCUT2D eigenvalue weighted by Gasteiger charge is -2.03. The Labute approximate surface area is 82.2 Å². The van der Waals surface area contributed by atoms with Crippen LogP contribution < -0.4 is 0 Å². The molecule has 0 saturated heterocycles. The van der Waals surface area contributed by atoms with Gasteiger partial charge in [0.25, 0.3) is 0 Å². The molecule has 68 valence electrons. The Kier molecular flexibility index (Phi) is 2.04. The molecule has 0 radical (unpaired) electrons. The fourth-order valence-corrected chi connectivity index (χ4v) is 1.33. The number of nitrogens with zero attached hydrogens (tertiary/aromatic N) is 3. The Bertz CT molecular complexity index is 491. The summed E-state index contributed by atoms with van der Waals surface area (Å²) >= 11 is 0. The summed E-state index contributed by atoms with van der Waals surface area (Å²) in [6.45, 7) is 2.02. The van der Waals surface area contributed by atoms with Crippen LogP contribution in [-0.2, 0) is 0 Å². The molecule has 1 aromatic carbocycles. The first-order valence-electron chi connectivity index (χ1n) is 4.32. The summed E-state index contributed by atoms with van der Waals surface area (Å²) < 4.78 is 1.72. The van der Waals surface area contributed by atoms with Crippen molar-refractivity contribution in [1.82, 2.24) is 9.78 Å². The van der Waals surface area contributed by atoms with Gasteiger partial charge in [-0.2, -0.15) is 10.4 Å². The number of rotatable bonds is 1. The predicted molar refractivity (Wildman–Crippen MR) is 53.0 cm³/mol. The topological polar surface area (TPSA) is 41.6 Å². The molecule has 0 amide bonds. The molecule has 0 fully saturated rings. The van der Waals surface area contributed by atoms with Crippen molar-refractivity contribution in [1.29, 1.82) is 5.26 Å². The van der Waals surface area contributed by atoms with Gasteiger partial charge in [-0.3, -0.25) is 0 Å². The monoisotopic (exact) mass is 183 g/mol. The van der Waals surface area contributed by atoms with Crippen molar-refractivity contribution in [2.75, 3.05) is 0 Å². The summed E-state index contributed by atoms with van der Waals surface area (Å²) in [5.74, 6) is 0. The SMILES string of the molecule is Cc1ccccc1-n1cc(C#N)cn1. The van der Waals surface area contributed by atoms with Gasteiger partial charge in [0.15, 0.2) is 0 Å². The summed E-state index contributed by atoms with van der Waals surface area (Å²) in [5.41, 5.74) is 2.72. The molecule has 2 aromatic rings. The van der Waals surface area contributed by atoms with E-state index in [1.54, 1.807) is 17.1 Å². The van der Waals surface area contributed by atoms with Crippen LogP contribution in [0.1, 0.15) is 11.1 Å². The average Bonchev–Trinajstić information content (AvgIpc) is 2.67. The van der Waals surface area contributed by atoms with Gasteiger partial charge in [0.05, 0.1) is 17.4 Å². The molecule has 0 aliphatic heterocycles. The number of hydrogen-bond donors (Lipinski definition) is 0. The van der Waals surface area contributed by atoms with Gasteiger partial charge in [-0.1, -0.05) is 18.2 Å². The fourth-order valence-electron chi connectivity index (χ4n) is 1.33. The molecule has 0 bridgehead atoms. The highest BCUT2D eigenvalue weighted by Crippen LogP contribution is 2.12. The second-order valence-corrected chi connectivity index (χ2v) is 3.07. The first-order chi connectivity index (χ1) is 6.81. The molecule has 0 spiro atoms. The van der Waals surface area contributed by atoms with Crippen molar-refractivity contribution in [3.8, 4) is 11.8 Å². The molecule has 0 N–H and O–H groups in total. The molecule has 0 unspecified atom stereocenters. The van der Waals surface area contributed by atoms with E-state index < -0.39 is 0 Å². The van der Waals surface area contributed by atoms with Crippen LogP contribution in [0.4, 0.5) is 0 Å². The minimum Gasteiger partial charge on any atom is -0.239 e. The van der Waals surface area contributed by atoms with Crippen molar-refractivity contribution in [3.05, 3.63) is 47.8 Å². The highest BCUT2D eigenvalue weighted by molar-refractivity contribution is 5.40. The third-order valence-electron chi connectivity index (χ3n) is 2.07. The molecule has 1 aromatic heterocycles. The van der Waals surface area contributed by atoms with Crippen LogP contribution >= 0.6 is 0 Å². The third-order valence-corrected chi connectivity index (χ3v) is 2.07. The molecule has 3 nitrogen and oxygen atoms in total. The van der Waals surface area contributed by atoms with Gasteiger partial charge in [0.2, 0.25) is 0 Å². The van der Waals surface area contributed by atoms with Crippen LogP contribution in [0.2, 0.25) is 0 Å². The summed E-state index contributed by atoms with van der Waals surface area (Å²) in [6, 6.07) is 9.98. The van der Waals surface area contributed by atoms with E-state index in [0.29, 0.717) is 5.56 Å². The zero-order valence-corrected chi connectivity index (χ0v) is 7.81. The van der Waals surface area contributed by atoms with Gasteiger partial charge >= 0.3 is 0 Å². The third kappa shape index (κ3) is 1.38. The van der Waals surface area contributed by atoms with E-state index in [9.17, 15) is 0 Å². The minimum atomic E-state index is 0.577. The number of para-hydroxylation sites is 1. The quantitative estimate of drug-likeness (QED) is 0.679. The van der Waals surface area contributed by atoms with Crippen molar-refractivity contribution in [3.63, 3.8) is 0 Å². The maximum atomic E-state index is 8.66. The normalized spacial score (nSPS) is 9.71. The van der Waals surface area contributed by atoms with E-state index in [0.717, 1.165) is 11.3 Å². The largest absolute Gasteiger partial charge is 0.239 e. The molecular formula is C11H9N3. The van der Waals surface area contributed by atoms with Crippen LogP contribution in [0, 0.1) is 18.3 Å². The Morgan fingerprint density at radius 1 is 1.36 bits per heavy atom. The number of hydrogen-bond acceptors (Lipinski definition) is 2. The van der Waals surface area contributed by atoms with Gasteiger partial charge in [-0.25, -0.2) is 4.68 Å². The van der Waals surface area contributed by atoms with E-state index in [1.165, 1.54) is 0 Å². The number of aryl methyl sites for hydroxylation is 1. The minimum absolute atomic E-state index is 0.577. The molecule has 0 aliphatic rings. The number of aromatic nitrogens is 2. The first-order valence-corrected chi connectivity index (χ1v) is 4.32. The number of nitriles is 1. The van der Waals surface area contributed by atoms with Crippen molar-refractivity contribution < 1.29 is 0 Å². The summed E-state index contributed by atoms with van der Waals surface area (Å²) in [4.78, 5) is 0. The van der Waals surface area contributed by atoms with Crippen LogP contribution in [-0.4, -0.2) is 9.78 Å². The molecular weight excluding hydrogens is 174 g/mol. The zero-order valence-electron chi connectivity index (χ0n) is 7.81. The summed E-state index contributed by atoms with van der Waals surface area (Å²) in [5, 5.41) is 12.8. The lowest BCUT2D eigenvalue weighted by Crippen LogP contribution is -1.96. The van der Waals surface area contributed by atoms with Gasteiger partial charge < -0.3 is 0 Å². The fraction of sp³-hybridized carbons (Fsp3) is 0.0909. The van der Waals surface area contributed by atoms with Gasteiger partial charge in [-0.05, 0) is 18.6 Å². The van der Waals surface area contributed by atoms with E-state index in [4.69, 9.17) is 5.26 Å². The molecule has 3 heteroatoms. The Hall–Kier alpha value is -2.08. The van der Waals surface area contributed by atoms with E-state index in [1.807, 2.05) is 31.2 Å². The lowest BCUT2D eigenvalue weighted by molar-refractivity contribution is 0.873. The lowest BCUT2D eigenvalue weighted by atomic mass is 10.2. The zero-order chi connectivity index (χ0) is 9.97. The smallest absolute Gasteiger partial charge is 0.102 e. The molecule has 0 saturated carbocycles. The predicted octanol–water partition coefficient (Wildman–Crippen LogP) is 2.05. The van der Waals surface area contributed by atoms with Gasteiger partial charge in [0.1, 0.15) is 6.07 Å². The Morgan fingerprint density at radius 3 is 2.79 bits per heavy atom. The standard InChI is InChI=1S/C11H9N3/c1-9-4-2-3-5-11(9)14-8-10(6-12)7-13-14/h2-5,7-8H,1H3. The van der Waals surface area contributed by atoms with Crippen LogP contribution in [0.25, 0.3) is 5.69 Å². The maximum absolute atomic E-state index is 8.66. The van der Waals surface area contributed by atoms with Crippen LogP contribution in [0.5, 0.6) is 0 Å². The molecule has 14 heavy (non-hydrogen) atoms. The highest BCUT2D eigenvalue weighted by atomic mass is 15.3. The second kappa shape index (κ2) is 3.35. The Balaban J connectivity index is 2.51. The van der Waals surface area contributed by atoms with Crippen LogP contribution in [0.15, 0.2) is 36.7 Å².